The summed E-state index contributed by atoms with van der Waals surface area (Å²) in [4.78, 5) is 29.1. The third-order valence-corrected chi connectivity index (χ3v) is 8.29. The first kappa shape index (κ1) is 31.7. The Morgan fingerprint density at radius 1 is 0.900 bits per heavy atom. The molecule has 0 spiro atoms. The molecule has 40 heavy (non-hydrogen) atoms. The highest BCUT2D eigenvalue weighted by Crippen LogP contribution is 2.31. The maximum absolute atomic E-state index is 14.1. The van der Waals surface area contributed by atoms with E-state index in [0.29, 0.717) is 17.0 Å². The molecule has 0 fully saturated rings. The Hall–Kier alpha value is -2.78. The van der Waals surface area contributed by atoms with Gasteiger partial charge in [-0.1, -0.05) is 84.2 Å². The molecule has 0 radical (unpaired) electrons. The molecule has 3 aromatic rings. The number of amides is 2. The third-order valence-electron chi connectivity index (χ3n) is 6.37. The first-order chi connectivity index (χ1) is 18.9. The zero-order valence-corrected chi connectivity index (χ0v) is 25.6. The highest BCUT2D eigenvalue weighted by Gasteiger charge is 2.34. The van der Waals surface area contributed by atoms with Crippen molar-refractivity contribution < 1.29 is 18.0 Å². The minimum absolute atomic E-state index is 0.0195. The van der Waals surface area contributed by atoms with Crippen LogP contribution in [-0.2, 0) is 32.6 Å². The maximum Gasteiger partial charge on any atom is 0.244 e. The van der Waals surface area contributed by atoms with Crippen LogP contribution in [0.15, 0.2) is 72.8 Å². The summed E-state index contributed by atoms with van der Waals surface area (Å²) < 4.78 is 26.7. The van der Waals surface area contributed by atoms with Crippen molar-refractivity contribution in [2.45, 2.75) is 45.3 Å². The minimum atomic E-state index is -3.97. The van der Waals surface area contributed by atoms with Gasteiger partial charge >= 0.3 is 0 Å². The van der Waals surface area contributed by atoms with Crippen molar-refractivity contribution >= 4 is 62.3 Å². The summed E-state index contributed by atoms with van der Waals surface area (Å²) in [7, 11) is -3.97. The molecule has 0 saturated heterocycles. The molecule has 0 aliphatic heterocycles. The van der Waals surface area contributed by atoms with Crippen LogP contribution in [-0.4, -0.2) is 50.0 Å². The van der Waals surface area contributed by atoms with Gasteiger partial charge in [-0.3, -0.25) is 13.9 Å². The van der Waals surface area contributed by atoms with Crippen LogP contribution >= 0.6 is 34.8 Å². The van der Waals surface area contributed by atoms with E-state index < -0.39 is 28.5 Å². The normalized spacial score (nSPS) is 12.8. The van der Waals surface area contributed by atoms with E-state index in [0.717, 1.165) is 16.1 Å². The van der Waals surface area contributed by atoms with Gasteiger partial charge in [-0.05, 0) is 54.8 Å². The zero-order chi connectivity index (χ0) is 29.4. The second-order valence-corrected chi connectivity index (χ2v) is 12.7. The number of rotatable bonds is 12. The fourth-order valence-electron chi connectivity index (χ4n) is 4.10. The summed E-state index contributed by atoms with van der Waals surface area (Å²) >= 11 is 18.7. The maximum atomic E-state index is 14.1. The van der Waals surface area contributed by atoms with E-state index in [2.05, 4.69) is 5.32 Å². The highest BCUT2D eigenvalue weighted by molar-refractivity contribution is 7.92. The second-order valence-electron chi connectivity index (χ2n) is 9.54. The van der Waals surface area contributed by atoms with Crippen LogP contribution in [0.3, 0.4) is 0 Å². The molecule has 11 heteroatoms. The molecule has 0 aliphatic carbocycles. The van der Waals surface area contributed by atoms with E-state index in [1.807, 2.05) is 44.2 Å². The fourth-order valence-corrected chi connectivity index (χ4v) is 5.60. The molecule has 1 N–H and O–H groups in total. The molecule has 3 aromatic carbocycles. The molecule has 0 heterocycles. The average Bonchev–Trinajstić information content (AvgIpc) is 2.90. The predicted molar refractivity (Wildman–Crippen MR) is 162 cm³/mol. The first-order valence-corrected chi connectivity index (χ1v) is 15.7. The number of halogens is 3. The number of nitrogens with zero attached hydrogens (tertiary/aromatic N) is 2. The van der Waals surface area contributed by atoms with Gasteiger partial charge in [0.2, 0.25) is 21.8 Å². The topological polar surface area (TPSA) is 86.8 Å². The van der Waals surface area contributed by atoms with Crippen molar-refractivity contribution in [3.63, 3.8) is 0 Å². The smallest absolute Gasteiger partial charge is 0.244 e. The summed E-state index contributed by atoms with van der Waals surface area (Å²) in [6.07, 6.45) is 1.89. The monoisotopic (exact) mass is 623 g/mol. The lowest BCUT2D eigenvalue weighted by molar-refractivity contribution is -0.140. The van der Waals surface area contributed by atoms with Crippen molar-refractivity contribution in [2.24, 2.45) is 0 Å². The van der Waals surface area contributed by atoms with Crippen molar-refractivity contribution in [1.29, 1.82) is 0 Å². The van der Waals surface area contributed by atoms with E-state index in [9.17, 15) is 18.0 Å². The van der Waals surface area contributed by atoms with Gasteiger partial charge in [0.25, 0.3) is 0 Å². The Labute approximate surface area is 251 Å². The largest absolute Gasteiger partial charge is 0.352 e. The molecule has 2 amide bonds. The van der Waals surface area contributed by atoms with Crippen molar-refractivity contribution in [2.75, 3.05) is 17.1 Å². The van der Waals surface area contributed by atoms with Crippen LogP contribution in [0.1, 0.15) is 31.4 Å². The molecule has 0 aromatic heterocycles. The molecule has 214 valence electrons. The van der Waals surface area contributed by atoms with Gasteiger partial charge in [0.05, 0.1) is 17.0 Å². The minimum Gasteiger partial charge on any atom is -0.352 e. The lowest BCUT2D eigenvalue weighted by atomic mass is 10.0. The van der Waals surface area contributed by atoms with Gasteiger partial charge in [-0.25, -0.2) is 8.42 Å². The van der Waals surface area contributed by atoms with Gasteiger partial charge in [-0.15, -0.1) is 0 Å². The van der Waals surface area contributed by atoms with Gasteiger partial charge in [-0.2, -0.15) is 0 Å². The van der Waals surface area contributed by atoms with Crippen molar-refractivity contribution in [3.8, 4) is 0 Å². The van der Waals surface area contributed by atoms with Crippen LogP contribution in [0.2, 0.25) is 15.1 Å². The number of carbonyl (C=O) groups is 2. The number of carbonyl (C=O) groups excluding carboxylic acids is 2. The van der Waals surface area contributed by atoms with Gasteiger partial charge in [0, 0.05) is 29.1 Å². The number of hydrogen-bond acceptors (Lipinski definition) is 4. The fraction of sp³-hybridized carbons (Fsp3) is 0.310. The van der Waals surface area contributed by atoms with Crippen LogP contribution in [0.4, 0.5) is 5.69 Å². The molecule has 3 rings (SSSR count). The lowest BCUT2D eigenvalue weighted by Gasteiger charge is -2.34. The number of benzene rings is 3. The molecule has 0 aliphatic rings. The molecular formula is C29H32Cl3N3O4S. The Morgan fingerprint density at radius 3 is 2.17 bits per heavy atom. The van der Waals surface area contributed by atoms with Gasteiger partial charge < -0.3 is 10.2 Å². The second kappa shape index (κ2) is 14.2. The number of sulfonamides is 1. The predicted octanol–water partition coefficient (Wildman–Crippen LogP) is 5.97. The Kier molecular flexibility index (Phi) is 11.3. The van der Waals surface area contributed by atoms with Gasteiger partial charge in [0.15, 0.2) is 0 Å². The summed E-state index contributed by atoms with van der Waals surface area (Å²) in [6, 6.07) is 19.6. The SMILES string of the molecule is CC[C@H](C)NC(=O)[C@H](Cc1ccccc1)N(Cc1cccc(Cl)c1)C(=O)CN(c1cc(Cl)ccc1Cl)S(C)(=O)=O. The van der Waals surface area contributed by atoms with E-state index in [1.54, 1.807) is 24.3 Å². The highest BCUT2D eigenvalue weighted by atomic mass is 35.5. The number of anilines is 1. The van der Waals surface area contributed by atoms with Crippen LogP contribution in [0, 0.1) is 0 Å². The Balaban J connectivity index is 2.09. The van der Waals surface area contributed by atoms with Gasteiger partial charge in [0.1, 0.15) is 12.6 Å². The Bertz CT molecular complexity index is 1440. The molecular weight excluding hydrogens is 593 g/mol. The van der Waals surface area contributed by atoms with E-state index >= 15 is 0 Å². The average molecular weight is 625 g/mol. The van der Waals surface area contributed by atoms with Crippen LogP contribution in [0.5, 0.6) is 0 Å². The lowest BCUT2D eigenvalue weighted by Crippen LogP contribution is -2.54. The number of nitrogens with one attached hydrogen (secondary N) is 1. The first-order valence-electron chi connectivity index (χ1n) is 12.7. The Morgan fingerprint density at radius 2 is 1.55 bits per heavy atom. The summed E-state index contributed by atoms with van der Waals surface area (Å²) in [5.41, 5.74) is 1.59. The van der Waals surface area contributed by atoms with E-state index in [4.69, 9.17) is 34.8 Å². The van der Waals surface area contributed by atoms with Crippen molar-refractivity contribution in [3.05, 3.63) is 99.0 Å². The van der Waals surface area contributed by atoms with E-state index in [1.165, 1.54) is 23.1 Å². The van der Waals surface area contributed by atoms with E-state index in [-0.39, 0.29) is 40.6 Å². The molecule has 2 atom stereocenters. The quantitative estimate of drug-likeness (QED) is 0.269. The van der Waals surface area contributed by atoms with Crippen LogP contribution in [0.25, 0.3) is 0 Å². The standard InChI is InChI=1S/C29H32Cl3N3O4S/c1-4-20(2)33-29(37)27(16-21-9-6-5-7-10-21)34(18-22-11-8-12-23(30)15-22)28(36)19-35(40(3,38)39)26-17-24(31)13-14-25(26)32/h5-15,17,20,27H,4,16,18-19H2,1-3H3,(H,33,37)/t20-,27-/m0/s1. The summed E-state index contributed by atoms with van der Waals surface area (Å²) in [5.74, 6) is -0.943. The third kappa shape index (κ3) is 8.86. The molecule has 0 unspecified atom stereocenters. The zero-order valence-electron chi connectivity index (χ0n) is 22.5. The molecule has 7 nitrogen and oxygen atoms in total. The van der Waals surface area contributed by atoms with Crippen LogP contribution < -0.4 is 9.62 Å². The van der Waals surface area contributed by atoms with Crippen molar-refractivity contribution in [1.82, 2.24) is 10.2 Å². The molecule has 0 saturated carbocycles. The summed E-state index contributed by atoms with van der Waals surface area (Å²) in [5, 5.41) is 3.82. The number of hydrogen-bond donors (Lipinski definition) is 1. The molecule has 0 bridgehead atoms. The summed E-state index contributed by atoms with van der Waals surface area (Å²) in [6.45, 7) is 3.25.